The van der Waals surface area contributed by atoms with Crippen LogP contribution in [0, 0.1) is 0 Å². The second-order valence-electron chi connectivity index (χ2n) is 6.08. The molecule has 0 aliphatic carbocycles. The zero-order chi connectivity index (χ0) is 16.7. The van der Waals surface area contributed by atoms with Crippen molar-refractivity contribution < 1.29 is 19.0 Å². The third-order valence-electron chi connectivity index (χ3n) is 4.59. The molecule has 1 aromatic carbocycles. The Morgan fingerprint density at radius 3 is 3.04 bits per heavy atom. The molecule has 7 nitrogen and oxygen atoms in total. The number of aryl methyl sites for hydroxylation is 1. The molecule has 0 spiro atoms. The molecule has 0 N–H and O–H groups in total. The van der Waals surface area contributed by atoms with Gasteiger partial charge in [0.2, 0.25) is 6.79 Å². The number of carbonyl (C=O) groups excluding carboxylic acids is 1. The largest absolute Gasteiger partial charge is 0.454 e. The second kappa shape index (κ2) is 5.83. The molecule has 0 saturated heterocycles. The number of hydrogen-bond acceptors (Lipinski definition) is 5. The predicted molar refractivity (Wildman–Crippen MR) is 85.1 cm³/mol. The van der Waals surface area contributed by atoms with E-state index in [0.29, 0.717) is 36.8 Å². The molecular formula is C17H19N3O4. The average Bonchev–Trinajstić information content (AvgIpc) is 3.21. The molecule has 0 saturated carbocycles. The Bertz CT molecular complexity index is 786. The minimum atomic E-state index is -0.0266. The van der Waals surface area contributed by atoms with Crippen LogP contribution < -0.4 is 9.47 Å². The minimum Gasteiger partial charge on any atom is -0.454 e. The van der Waals surface area contributed by atoms with E-state index in [9.17, 15) is 4.79 Å². The Morgan fingerprint density at radius 1 is 1.38 bits per heavy atom. The predicted octanol–water partition coefficient (Wildman–Crippen LogP) is 1.53. The number of nitrogens with zero attached hydrogens (tertiary/aromatic N) is 3. The van der Waals surface area contributed by atoms with Crippen molar-refractivity contribution >= 4 is 5.91 Å². The van der Waals surface area contributed by atoms with Crippen molar-refractivity contribution in [1.82, 2.24) is 14.7 Å². The number of ether oxygens (including phenoxy) is 3. The summed E-state index contributed by atoms with van der Waals surface area (Å²) in [6.07, 6.45) is 1.88. The van der Waals surface area contributed by atoms with Crippen molar-refractivity contribution in [2.75, 3.05) is 27.1 Å². The number of benzene rings is 1. The highest BCUT2D eigenvalue weighted by Crippen LogP contribution is 2.34. The molecule has 0 radical (unpaired) electrons. The lowest BCUT2D eigenvalue weighted by Gasteiger charge is -2.32. The molecule has 1 amide bonds. The van der Waals surface area contributed by atoms with Gasteiger partial charge in [0, 0.05) is 37.7 Å². The summed E-state index contributed by atoms with van der Waals surface area (Å²) in [4.78, 5) is 14.8. The second-order valence-corrected chi connectivity index (χ2v) is 6.08. The van der Waals surface area contributed by atoms with Crippen LogP contribution in [0.25, 0.3) is 0 Å². The Morgan fingerprint density at radius 2 is 2.21 bits per heavy atom. The lowest BCUT2D eigenvalue weighted by molar-refractivity contribution is 0.0675. The highest BCUT2D eigenvalue weighted by Gasteiger charge is 2.31. The third-order valence-corrected chi connectivity index (χ3v) is 4.59. The first kappa shape index (κ1) is 15.0. The van der Waals surface area contributed by atoms with Gasteiger partial charge in [0.1, 0.15) is 0 Å². The van der Waals surface area contributed by atoms with E-state index in [1.54, 1.807) is 25.3 Å². The molecule has 2 aliphatic rings. The van der Waals surface area contributed by atoms with Crippen LogP contribution in [0.4, 0.5) is 0 Å². The maximum absolute atomic E-state index is 13.0. The van der Waals surface area contributed by atoms with Gasteiger partial charge in [-0.1, -0.05) is 0 Å². The van der Waals surface area contributed by atoms with Crippen LogP contribution >= 0.6 is 0 Å². The quantitative estimate of drug-likeness (QED) is 0.854. The molecule has 24 heavy (non-hydrogen) atoms. The summed E-state index contributed by atoms with van der Waals surface area (Å²) < 4.78 is 17.8. The lowest BCUT2D eigenvalue weighted by Crippen LogP contribution is -2.39. The Kier molecular flexibility index (Phi) is 3.65. The lowest BCUT2D eigenvalue weighted by atomic mass is 9.95. The number of carbonyl (C=O) groups is 1. The third kappa shape index (κ3) is 2.41. The smallest absolute Gasteiger partial charge is 0.254 e. The zero-order valence-corrected chi connectivity index (χ0v) is 13.7. The fraction of sp³-hybridized carbons (Fsp3) is 0.412. The molecular weight excluding hydrogens is 310 g/mol. The van der Waals surface area contributed by atoms with Gasteiger partial charge in [-0.05, 0) is 18.2 Å². The van der Waals surface area contributed by atoms with Gasteiger partial charge in [0.05, 0.1) is 25.0 Å². The van der Waals surface area contributed by atoms with Gasteiger partial charge in [-0.15, -0.1) is 0 Å². The van der Waals surface area contributed by atoms with Crippen LogP contribution in [0.3, 0.4) is 0 Å². The standard InChI is InChI=1S/C17H19N3O4/c1-19-14-8-20(7-12(9-22-2)13(14)6-18-19)17(21)11-3-4-15-16(5-11)24-10-23-15/h3-6,12H,7-10H2,1-2H3/t12-/m0/s1. The Balaban J connectivity index is 1.62. The van der Waals surface area contributed by atoms with Gasteiger partial charge in [-0.3, -0.25) is 9.48 Å². The zero-order valence-electron chi connectivity index (χ0n) is 13.7. The van der Waals surface area contributed by atoms with E-state index in [1.807, 2.05) is 22.8 Å². The average molecular weight is 329 g/mol. The summed E-state index contributed by atoms with van der Waals surface area (Å²) in [6.45, 7) is 1.91. The molecule has 0 bridgehead atoms. The molecule has 2 aromatic rings. The van der Waals surface area contributed by atoms with Gasteiger partial charge < -0.3 is 19.1 Å². The molecule has 1 aromatic heterocycles. The fourth-order valence-electron chi connectivity index (χ4n) is 3.33. The summed E-state index contributed by atoms with van der Waals surface area (Å²) in [5.41, 5.74) is 2.81. The van der Waals surface area contributed by atoms with E-state index >= 15 is 0 Å². The molecule has 4 rings (SSSR count). The van der Waals surface area contributed by atoms with E-state index in [0.717, 1.165) is 11.3 Å². The number of fused-ring (bicyclic) bond motifs is 2. The first-order valence-corrected chi connectivity index (χ1v) is 7.86. The summed E-state index contributed by atoms with van der Waals surface area (Å²) in [5, 5.41) is 4.33. The minimum absolute atomic E-state index is 0.0266. The first-order valence-electron chi connectivity index (χ1n) is 7.86. The summed E-state index contributed by atoms with van der Waals surface area (Å²) >= 11 is 0. The molecule has 1 atom stereocenters. The molecule has 2 aliphatic heterocycles. The van der Waals surface area contributed by atoms with Crippen molar-refractivity contribution in [3.63, 3.8) is 0 Å². The maximum Gasteiger partial charge on any atom is 0.254 e. The number of rotatable bonds is 3. The van der Waals surface area contributed by atoms with Crippen molar-refractivity contribution in [2.24, 2.45) is 7.05 Å². The van der Waals surface area contributed by atoms with E-state index in [2.05, 4.69) is 5.10 Å². The summed E-state index contributed by atoms with van der Waals surface area (Å²) in [5.74, 6) is 1.40. The van der Waals surface area contributed by atoms with E-state index in [1.165, 1.54) is 0 Å². The summed E-state index contributed by atoms with van der Waals surface area (Å²) in [7, 11) is 3.58. The van der Waals surface area contributed by atoms with Crippen molar-refractivity contribution in [3.05, 3.63) is 41.2 Å². The topological polar surface area (TPSA) is 65.8 Å². The van der Waals surface area contributed by atoms with E-state index in [4.69, 9.17) is 14.2 Å². The van der Waals surface area contributed by atoms with Gasteiger partial charge >= 0.3 is 0 Å². The van der Waals surface area contributed by atoms with Gasteiger partial charge in [0.25, 0.3) is 5.91 Å². The van der Waals surface area contributed by atoms with Crippen LogP contribution in [0.2, 0.25) is 0 Å². The monoisotopic (exact) mass is 329 g/mol. The Labute approximate surface area is 139 Å². The highest BCUT2D eigenvalue weighted by molar-refractivity contribution is 5.95. The molecule has 126 valence electrons. The maximum atomic E-state index is 13.0. The van der Waals surface area contributed by atoms with Crippen molar-refractivity contribution in [1.29, 1.82) is 0 Å². The van der Waals surface area contributed by atoms with Gasteiger partial charge in [-0.25, -0.2) is 0 Å². The van der Waals surface area contributed by atoms with Crippen molar-refractivity contribution in [2.45, 2.75) is 12.5 Å². The number of methoxy groups -OCH3 is 1. The SMILES string of the molecule is COC[C@@H]1CN(C(=O)c2ccc3c(c2)OCO3)Cc2c1cnn2C. The van der Waals surface area contributed by atoms with E-state index in [-0.39, 0.29) is 18.6 Å². The van der Waals surface area contributed by atoms with E-state index < -0.39 is 0 Å². The normalized spacial score (nSPS) is 18.6. The first-order chi connectivity index (χ1) is 11.7. The molecule has 3 heterocycles. The van der Waals surface area contributed by atoms with Crippen LogP contribution in [-0.2, 0) is 18.3 Å². The van der Waals surface area contributed by atoms with Gasteiger partial charge in [-0.2, -0.15) is 5.10 Å². The van der Waals surface area contributed by atoms with Crippen LogP contribution in [0.5, 0.6) is 11.5 Å². The summed E-state index contributed by atoms with van der Waals surface area (Å²) in [6, 6.07) is 5.30. The molecule has 0 unspecified atom stereocenters. The van der Waals surface area contributed by atoms with Crippen LogP contribution in [0.1, 0.15) is 27.5 Å². The Hall–Kier alpha value is -2.54. The van der Waals surface area contributed by atoms with Crippen molar-refractivity contribution in [3.8, 4) is 11.5 Å². The number of hydrogen-bond donors (Lipinski definition) is 0. The molecule has 7 heteroatoms. The van der Waals surface area contributed by atoms with Crippen LogP contribution in [0.15, 0.2) is 24.4 Å². The highest BCUT2D eigenvalue weighted by atomic mass is 16.7. The number of aromatic nitrogens is 2. The molecule has 0 fully saturated rings. The fourth-order valence-corrected chi connectivity index (χ4v) is 3.33. The van der Waals surface area contributed by atoms with Gasteiger partial charge in [0.15, 0.2) is 11.5 Å². The van der Waals surface area contributed by atoms with Crippen LogP contribution in [-0.4, -0.2) is 47.6 Å². The number of amides is 1.